The molecule has 0 saturated heterocycles. The van der Waals surface area contributed by atoms with Crippen molar-refractivity contribution in [2.24, 2.45) is 0 Å². The number of rotatable bonds is 4. The minimum Gasteiger partial charge on any atom is -0.478 e. The fourth-order valence-electron chi connectivity index (χ4n) is 5.15. The van der Waals surface area contributed by atoms with E-state index in [1.54, 1.807) is 16.8 Å². The Morgan fingerprint density at radius 1 is 1.00 bits per heavy atom. The number of halogens is 4. The molecule has 1 heterocycles. The summed E-state index contributed by atoms with van der Waals surface area (Å²) in [5.74, 6) is -1.92. The molecule has 182 valence electrons. The van der Waals surface area contributed by atoms with Gasteiger partial charge < -0.3 is 5.11 Å². The quantitative estimate of drug-likeness (QED) is 0.407. The number of carboxylic acid groups (broad SMARTS) is 1. The number of aromatic carboxylic acids is 1. The number of nitrogens with zero attached hydrogens (tertiary/aromatic N) is 2. The highest BCUT2D eigenvalue weighted by Crippen LogP contribution is 2.55. The van der Waals surface area contributed by atoms with Crippen molar-refractivity contribution in [1.29, 1.82) is 0 Å². The maximum absolute atomic E-state index is 13.8. The Bertz CT molecular complexity index is 1320. The number of alkyl halides is 3. The molecule has 5 rings (SSSR count). The summed E-state index contributed by atoms with van der Waals surface area (Å²) in [6.45, 7) is 0. The van der Waals surface area contributed by atoms with E-state index in [0.29, 0.717) is 17.7 Å². The van der Waals surface area contributed by atoms with Gasteiger partial charge in [-0.1, -0.05) is 30.5 Å². The molecule has 2 aromatic carbocycles. The van der Waals surface area contributed by atoms with Crippen LogP contribution in [0.15, 0.2) is 42.5 Å². The molecule has 0 aliphatic heterocycles. The van der Waals surface area contributed by atoms with E-state index < -0.39 is 29.1 Å². The van der Waals surface area contributed by atoms with E-state index in [9.17, 15) is 27.9 Å². The highest BCUT2D eigenvalue weighted by atomic mass is 35.5. The SMILES string of the molecule is O=C(O)c1ccc(-n2nc(C(=O)c3c(Cl)cccc3C(F)(F)F)c3c2C2(CCCCC3)CC2)cc1. The number of carboxylic acids is 1. The lowest BCUT2D eigenvalue weighted by atomic mass is 9.85. The number of hydrogen-bond donors (Lipinski definition) is 1. The van der Waals surface area contributed by atoms with Crippen LogP contribution in [0, 0.1) is 0 Å². The summed E-state index contributed by atoms with van der Waals surface area (Å²) in [7, 11) is 0. The lowest BCUT2D eigenvalue weighted by molar-refractivity contribution is -0.137. The van der Waals surface area contributed by atoms with E-state index in [0.717, 1.165) is 50.3 Å². The average Bonchev–Trinajstić information content (AvgIpc) is 3.50. The van der Waals surface area contributed by atoms with Gasteiger partial charge in [-0.2, -0.15) is 18.3 Å². The summed E-state index contributed by atoms with van der Waals surface area (Å²) in [5, 5.41) is 13.6. The zero-order chi connectivity index (χ0) is 25.0. The minimum atomic E-state index is -4.75. The Balaban J connectivity index is 1.72. The molecule has 0 radical (unpaired) electrons. The van der Waals surface area contributed by atoms with E-state index >= 15 is 0 Å². The number of carbonyl (C=O) groups excluding carboxylic acids is 1. The summed E-state index contributed by atoms with van der Waals surface area (Å²) in [4.78, 5) is 25.0. The van der Waals surface area contributed by atoms with Gasteiger partial charge in [0, 0.05) is 11.0 Å². The van der Waals surface area contributed by atoms with Crippen LogP contribution in [0.5, 0.6) is 0 Å². The number of fused-ring (bicyclic) bond motifs is 2. The monoisotopic (exact) mass is 502 g/mol. The molecule has 2 aliphatic rings. The maximum Gasteiger partial charge on any atom is 0.417 e. The predicted octanol–water partition coefficient (Wildman–Crippen LogP) is 6.62. The summed E-state index contributed by atoms with van der Waals surface area (Å²) < 4.78 is 43.0. The number of aromatic nitrogens is 2. The zero-order valence-electron chi connectivity index (χ0n) is 18.7. The first-order valence-electron chi connectivity index (χ1n) is 11.5. The zero-order valence-corrected chi connectivity index (χ0v) is 19.4. The molecule has 1 saturated carbocycles. The minimum absolute atomic E-state index is 0.0194. The van der Waals surface area contributed by atoms with Gasteiger partial charge in [0.05, 0.1) is 33.1 Å². The topological polar surface area (TPSA) is 72.2 Å². The van der Waals surface area contributed by atoms with Crippen LogP contribution in [-0.4, -0.2) is 26.6 Å². The highest BCUT2D eigenvalue weighted by molar-refractivity contribution is 6.35. The first-order chi connectivity index (χ1) is 16.6. The van der Waals surface area contributed by atoms with Crippen molar-refractivity contribution in [3.05, 3.63) is 81.1 Å². The van der Waals surface area contributed by atoms with Crippen LogP contribution in [0.4, 0.5) is 13.2 Å². The summed E-state index contributed by atoms with van der Waals surface area (Å²) in [6.07, 6.45) is 1.28. The highest BCUT2D eigenvalue weighted by Gasteiger charge is 2.49. The molecule has 3 aromatic rings. The van der Waals surface area contributed by atoms with E-state index in [-0.39, 0.29) is 21.7 Å². The van der Waals surface area contributed by atoms with Crippen molar-refractivity contribution < 1.29 is 27.9 Å². The van der Waals surface area contributed by atoms with Crippen LogP contribution in [-0.2, 0) is 18.0 Å². The van der Waals surface area contributed by atoms with Crippen molar-refractivity contribution in [1.82, 2.24) is 9.78 Å². The van der Waals surface area contributed by atoms with Gasteiger partial charge in [-0.05, 0) is 68.5 Å². The van der Waals surface area contributed by atoms with E-state index in [1.165, 1.54) is 24.3 Å². The fourth-order valence-corrected chi connectivity index (χ4v) is 5.41. The predicted molar refractivity (Wildman–Crippen MR) is 123 cm³/mol. The Labute approximate surface area is 204 Å². The molecule has 9 heteroatoms. The van der Waals surface area contributed by atoms with E-state index in [1.807, 2.05) is 0 Å². The number of hydrogen-bond acceptors (Lipinski definition) is 3. The third-order valence-electron chi connectivity index (χ3n) is 7.04. The first-order valence-corrected chi connectivity index (χ1v) is 11.9. The standard InChI is InChI=1S/C26H22ClF3N2O3/c27-19-7-4-6-18(26(28,29)30)20(19)22(33)21-17-5-2-1-3-12-25(13-14-25)23(17)32(31-21)16-10-8-15(9-11-16)24(34)35/h4,6-11H,1-3,5,12-14H2,(H,34,35). The number of carbonyl (C=O) groups is 2. The Morgan fingerprint density at radius 3 is 2.34 bits per heavy atom. The molecule has 1 aromatic heterocycles. The molecule has 5 nitrogen and oxygen atoms in total. The summed E-state index contributed by atoms with van der Waals surface area (Å²) in [6, 6.07) is 9.42. The molecular weight excluding hydrogens is 481 g/mol. The van der Waals surface area contributed by atoms with Gasteiger partial charge in [-0.25, -0.2) is 9.48 Å². The van der Waals surface area contributed by atoms with Gasteiger partial charge >= 0.3 is 12.1 Å². The first kappa shape index (κ1) is 23.6. The normalized spacial score (nSPS) is 16.9. The van der Waals surface area contributed by atoms with E-state index in [4.69, 9.17) is 11.6 Å². The lowest BCUT2D eigenvalue weighted by Gasteiger charge is -2.22. The third kappa shape index (κ3) is 4.14. The number of benzene rings is 2. The van der Waals surface area contributed by atoms with E-state index in [2.05, 4.69) is 5.10 Å². The second kappa shape index (κ2) is 8.52. The van der Waals surface area contributed by atoms with Crippen LogP contribution in [0.3, 0.4) is 0 Å². The Hall–Kier alpha value is -3.13. The maximum atomic E-state index is 13.8. The van der Waals surface area contributed by atoms with Gasteiger partial charge in [0.1, 0.15) is 5.69 Å². The molecule has 1 spiro atoms. The third-order valence-corrected chi connectivity index (χ3v) is 7.36. The van der Waals surface area contributed by atoms with Crippen LogP contribution in [0.2, 0.25) is 5.02 Å². The van der Waals surface area contributed by atoms with Crippen molar-refractivity contribution in [2.75, 3.05) is 0 Å². The summed E-state index contributed by atoms with van der Waals surface area (Å²) >= 11 is 6.15. The molecule has 0 bridgehead atoms. The molecule has 0 unspecified atom stereocenters. The van der Waals surface area contributed by atoms with Crippen LogP contribution >= 0.6 is 11.6 Å². The van der Waals surface area contributed by atoms with Gasteiger partial charge in [0.25, 0.3) is 0 Å². The Kier molecular flexibility index (Phi) is 5.74. The van der Waals surface area contributed by atoms with Gasteiger partial charge in [0.15, 0.2) is 0 Å². The Morgan fingerprint density at radius 2 is 1.71 bits per heavy atom. The fraction of sp³-hybridized carbons (Fsp3) is 0.346. The van der Waals surface area contributed by atoms with Crippen LogP contribution in [0.1, 0.15) is 81.8 Å². The van der Waals surface area contributed by atoms with Crippen molar-refractivity contribution in [2.45, 2.75) is 56.5 Å². The average molecular weight is 503 g/mol. The molecule has 35 heavy (non-hydrogen) atoms. The van der Waals surface area contributed by atoms with Crippen LogP contribution < -0.4 is 0 Å². The molecule has 0 amide bonds. The molecule has 1 N–H and O–H groups in total. The molecule has 2 aliphatic carbocycles. The molecule has 1 fully saturated rings. The lowest BCUT2D eigenvalue weighted by Crippen LogP contribution is -2.18. The second-order valence-corrected chi connectivity index (χ2v) is 9.68. The molecular formula is C26H22ClF3N2O3. The molecule has 0 atom stereocenters. The number of ketones is 1. The largest absolute Gasteiger partial charge is 0.478 e. The smallest absolute Gasteiger partial charge is 0.417 e. The van der Waals surface area contributed by atoms with Crippen molar-refractivity contribution in [3.8, 4) is 5.69 Å². The van der Waals surface area contributed by atoms with Crippen LogP contribution in [0.25, 0.3) is 5.69 Å². The van der Waals surface area contributed by atoms with Crippen molar-refractivity contribution >= 4 is 23.4 Å². The van der Waals surface area contributed by atoms with Gasteiger partial charge in [-0.15, -0.1) is 0 Å². The van der Waals surface area contributed by atoms with Gasteiger partial charge in [0.2, 0.25) is 5.78 Å². The van der Waals surface area contributed by atoms with Gasteiger partial charge in [-0.3, -0.25) is 4.79 Å². The summed E-state index contributed by atoms with van der Waals surface area (Å²) in [5.41, 5.74) is 0.304. The second-order valence-electron chi connectivity index (χ2n) is 9.27. The van der Waals surface area contributed by atoms with Crippen molar-refractivity contribution in [3.63, 3.8) is 0 Å².